The number of phenolic OH excluding ortho intramolecular Hbond substituents is 2. The predicted octanol–water partition coefficient (Wildman–Crippen LogP) is 8.84. The summed E-state index contributed by atoms with van der Waals surface area (Å²) < 4.78 is 11.2. The molecule has 0 saturated heterocycles. The summed E-state index contributed by atoms with van der Waals surface area (Å²) in [6.07, 6.45) is 4.81. The normalized spacial score (nSPS) is 14.0. The van der Waals surface area contributed by atoms with Crippen molar-refractivity contribution >= 4 is 44.3 Å². The van der Waals surface area contributed by atoms with Gasteiger partial charge < -0.3 is 41.0 Å². The molecule has 8 heteroatoms. The number of ether oxygens (including phenoxy) is 2. The number of methoxy groups -OCH3 is 2. The van der Waals surface area contributed by atoms with E-state index < -0.39 is 0 Å². The van der Waals surface area contributed by atoms with Gasteiger partial charge in [-0.25, -0.2) is 0 Å². The molecule has 6 aromatic carbocycles. The van der Waals surface area contributed by atoms with Crippen molar-refractivity contribution in [1.82, 2.24) is 0 Å². The second kappa shape index (κ2) is 12.0. The number of aromatic hydroxyl groups is 2. The second-order valence-corrected chi connectivity index (χ2v) is 12.2. The molecule has 0 aliphatic carbocycles. The molecule has 2 heterocycles. The second-order valence-electron chi connectivity index (χ2n) is 12.2. The Morgan fingerprint density at radius 2 is 0.896 bits per heavy atom. The summed E-state index contributed by atoms with van der Waals surface area (Å²) in [5.74, 6) is 1.06. The Hall–Kier alpha value is -6.02. The SMILES string of the molecule is COc1cc(C/C=C/Cc2cc(OC)c(O)c(C3Nc4cccc5cccc(c45)N3)c2)cc(C2Nc3cccc4cccc(c34)N2)c1O. The smallest absolute Gasteiger partial charge is 0.164 e. The van der Waals surface area contributed by atoms with Gasteiger partial charge in [0.25, 0.3) is 0 Å². The number of hydrogen-bond acceptors (Lipinski definition) is 8. The van der Waals surface area contributed by atoms with E-state index in [0.29, 0.717) is 35.5 Å². The minimum atomic E-state index is -0.341. The standard InChI is InChI=1S/C40H36N4O4/c1-47-33-21-23(19-27(37(33)45)39-41-29-15-5-11-25-12-6-16-30(42-39)35(25)29)9-3-4-10-24-20-28(38(46)34(22-24)48-2)40-43-31-17-7-13-26-14-8-18-32(44-40)36(26)31/h3-8,11-22,39-46H,9-10H2,1-2H3/b4-3+. The van der Waals surface area contributed by atoms with Gasteiger partial charge >= 0.3 is 0 Å². The van der Waals surface area contributed by atoms with Gasteiger partial charge in [0.1, 0.15) is 12.3 Å². The first kappa shape index (κ1) is 29.4. The molecule has 0 atom stereocenters. The molecule has 0 fully saturated rings. The van der Waals surface area contributed by atoms with Crippen LogP contribution in [0.3, 0.4) is 0 Å². The van der Waals surface area contributed by atoms with Crippen LogP contribution in [0.1, 0.15) is 34.6 Å². The molecular formula is C40H36N4O4. The van der Waals surface area contributed by atoms with Gasteiger partial charge in [0.05, 0.1) is 14.2 Å². The van der Waals surface area contributed by atoms with Gasteiger partial charge in [0.2, 0.25) is 0 Å². The molecule has 0 saturated carbocycles. The van der Waals surface area contributed by atoms with E-state index in [2.05, 4.69) is 82.0 Å². The zero-order valence-corrected chi connectivity index (χ0v) is 26.7. The predicted molar refractivity (Wildman–Crippen MR) is 194 cm³/mol. The molecule has 6 N–H and O–H groups in total. The third kappa shape index (κ3) is 5.11. The van der Waals surface area contributed by atoms with Crippen molar-refractivity contribution in [1.29, 1.82) is 0 Å². The van der Waals surface area contributed by atoms with Crippen molar-refractivity contribution in [3.63, 3.8) is 0 Å². The van der Waals surface area contributed by atoms with E-state index >= 15 is 0 Å². The van der Waals surface area contributed by atoms with Gasteiger partial charge in [-0.05, 0) is 83.3 Å². The molecule has 2 aliphatic rings. The van der Waals surface area contributed by atoms with Crippen LogP contribution in [0.5, 0.6) is 23.0 Å². The third-order valence-electron chi connectivity index (χ3n) is 9.27. The lowest BCUT2D eigenvalue weighted by atomic mass is 9.98. The zero-order chi connectivity index (χ0) is 32.8. The molecule has 8 nitrogen and oxygen atoms in total. The Bertz CT molecular complexity index is 1990. The monoisotopic (exact) mass is 636 g/mol. The zero-order valence-electron chi connectivity index (χ0n) is 26.7. The van der Waals surface area contributed by atoms with Gasteiger partial charge in [0.15, 0.2) is 23.0 Å². The molecule has 2 aliphatic heterocycles. The van der Waals surface area contributed by atoms with Crippen LogP contribution in [0.2, 0.25) is 0 Å². The third-order valence-corrected chi connectivity index (χ3v) is 9.27. The number of benzene rings is 6. The fourth-order valence-electron chi connectivity index (χ4n) is 6.97. The highest BCUT2D eigenvalue weighted by molar-refractivity contribution is 6.05. The molecule has 240 valence electrons. The average molecular weight is 637 g/mol. The molecule has 0 unspecified atom stereocenters. The number of anilines is 4. The van der Waals surface area contributed by atoms with Crippen molar-refractivity contribution in [2.75, 3.05) is 35.5 Å². The maximum Gasteiger partial charge on any atom is 0.164 e. The van der Waals surface area contributed by atoms with Crippen LogP contribution in [0, 0.1) is 0 Å². The lowest BCUT2D eigenvalue weighted by Crippen LogP contribution is -2.24. The van der Waals surface area contributed by atoms with Crippen LogP contribution in [0.15, 0.2) is 109 Å². The first-order valence-electron chi connectivity index (χ1n) is 16.0. The number of allylic oxidation sites excluding steroid dienone is 2. The van der Waals surface area contributed by atoms with E-state index in [0.717, 1.165) is 55.4 Å². The van der Waals surface area contributed by atoms with Crippen molar-refractivity contribution in [2.45, 2.75) is 25.2 Å². The highest BCUT2D eigenvalue weighted by Gasteiger charge is 2.26. The van der Waals surface area contributed by atoms with Crippen molar-refractivity contribution in [3.8, 4) is 23.0 Å². The van der Waals surface area contributed by atoms with E-state index in [-0.39, 0.29) is 23.8 Å². The van der Waals surface area contributed by atoms with E-state index in [1.54, 1.807) is 14.2 Å². The molecule has 6 aromatic rings. The summed E-state index contributed by atoms with van der Waals surface area (Å²) in [6, 6.07) is 32.5. The van der Waals surface area contributed by atoms with Gasteiger partial charge in [-0.3, -0.25) is 0 Å². The first-order valence-corrected chi connectivity index (χ1v) is 16.0. The van der Waals surface area contributed by atoms with Crippen LogP contribution < -0.4 is 30.7 Å². The Kier molecular flexibility index (Phi) is 7.33. The lowest BCUT2D eigenvalue weighted by molar-refractivity contribution is 0.369. The molecule has 0 aromatic heterocycles. The number of phenols is 2. The maximum atomic E-state index is 11.2. The molecule has 8 rings (SSSR count). The number of nitrogens with one attached hydrogen (secondary N) is 4. The van der Waals surface area contributed by atoms with E-state index in [1.165, 1.54) is 0 Å². The number of rotatable bonds is 8. The minimum absolute atomic E-state index is 0.106. The summed E-state index contributed by atoms with van der Waals surface area (Å²) in [7, 11) is 3.14. The van der Waals surface area contributed by atoms with Crippen LogP contribution in [0.4, 0.5) is 22.7 Å². The Morgan fingerprint density at radius 1 is 0.542 bits per heavy atom. The van der Waals surface area contributed by atoms with Crippen molar-refractivity contribution < 1.29 is 19.7 Å². The van der Waals surface area contributed by atoms with Crippen molar-refractivity contribution in [3.05, 3.63) is 131 Å². The summed E-state index contributed by atoms with van der Waals surface area (Å²) in [6.45, 7) is 0. The Labute approximate surface area is 278 Å². The molecule has 0 radical (unpaired) electrons. The summed E-state index contributed by atoms with van der Waals surface area (Å²) >= 11 is 0. The van der Waals surface area contributed by atoms with Crippen LogP contribution in [-0.2, 0) is 12.8 Å². The van der Waals surface area contributed by atoms with Crippen molar-refractivity contribution in [2.24, 2.45) is 0 Å². The van der Waals surface area contributed by atoms with Gasteiger partial charge in [-0.15, -0.1) is 0 Å². The molecule has 0 spiro atoms. The first-order chi connectivity index (χ1) is 23.5. The van der Waals surface area contributed by atoms with E-state index in [9.17, 15) is 10.2 Å². The summed E-state index contributed by atoms with van der Waals surface area (Å²) in [4.78, 5) is 0. The van der Waals surface area contributed by atoms with Gasteiger partial charge in [0, 0.05) is 44.6 Å². The van der Waals surface area contributed by atoms with Gasteiger partial charge in [-0.1, -0.05) is 60.7 Å². The topological polar surface area (TPSA) is 107 Å². The van der Waals surface area contributed by atoms with Gasteiger partial charge in [-0.2, -0.15) is 0 Å². The van der Waals surface area contributed by atoms with E-state index in [4.69, 9.17) is 9.47 Å². The van der Waals surface area contributed by atoms with E-state index in [1.807, 2.05) is 48.5 Å². The van der Waals surface area contributed by atoms with Crippen LogP contribution >= 0.6 is 0 Å². The van der Waals surface area contributed by atoms with Crippen LogP contribution in [-0.4, -0.2) is 24.4 Å². The molecule has 48 heavy (non-hydrogen) atoms. The summed E-state index contributed by atoms with van der Waals surface area (Å²) in [5.41, 5.74) is 7.48. The molecular weight excluding hydrogens is 600 g/mol. The molecule has 0 bridgehead atoms. The maximum absolute atomic E-state index is 11.2. The fraction of sp³-hybridized carbons (Fsp3) is 0.150. The Morgan fingerprint density at radius 3 is 1.23 bits per heavy atom. The quantitative estimate of drug-likeness (QED) is 0.0921. The highest BCUT2D eigenvalue weighted by atomic mass is 16.5. The average Bonchev–Trinajstić information content (AvgIpc) is 3.11. The number of hydrogen-bond donors (Lipinski definition) is 6. The largest absolute Gasteiger partial charge is 0.504 e. The fourth-order valence-corrected chi connectivity index (χ4v) is 6.97. The van der Waals surface area contributed by atoms with Crippen LogP contribution in [0.25, 0.3) is 21.5 Å². The molecule has 0 amide bonds. The lowest BCUT2D eigenvalue weighted by Gasteiger charge is -2.30. The summed E-state index contributed by atoms with van der Waals surface area (Å²) in [5, 5.41) is 41.1. The highest BCUT2D eigenvalue weighted by Crippen LogP contribution is 2.44. The Balaban J connectivity index is 1.02. The minimum Gasteiger partial charge on any atom is -0.504 e.